The van der Waals surface area contributed by atoms with Crippen LogP contribution in [0.3, 0.4) is 0 Å². The summed E-state index contributed by atoms with van der Waals surface area (Å²) in [7, 11) is 0. The van der Waals surface area contributed by atoms with E-state index in [9.17, 15) is 24.0 Å². The van der Waals surface area contributed by atoms with Gasteiger partial charge in [-0.2, -0.15) is 0 Å². The van der Waals surface area contributed by atoms with Crippen LogP contribution in [0.25, 0.3) is 0 Å². The Morgan fingerprint density at radius 1 is 1.12 bits per heavy atom. The Morgan fingerprint density at radius 3 is 2.34 bits per heavy atom. The highest BCUT2D eigenvalue weighted by molar-refractivity contribution is 5.97. The first-order valence-corrected chi connectivity index (χ1v) is 9.57. The number of rotatable bonds is 10. The quantitative estimate of drug-likeness (QED) is 0.296. The molecule has 1 atom stereocenters. The summed E-state index contributed by atoms with van der Waals surface area (Å²) in [6.45, 7) is 1.62. The predicted octanol–water partition coefficient (Wildman–Crippen LogP) is 0.280. The second kappa shape index (κ2) is 10.7. The molecule has 1 aromatic heterocycles. The fourth-order valence-corrected chi connectivity index (χ4v) is 2.86. The number of carboxylic acid groups (broad SMARTS) is 2. The Balaban J connectivity index is 1.93. The number of carbonyl (C=O) groups is 4. The van der Waals surface area contributed by atoms with E-state index in [0.29, 0.717) is 16.9 Å². The lowest BCUT2D eigenvalue weighted by Crippen LogP contribution is -2.41. The van der Waals surface area contributed by atoms with Crippen molar-refractivity contribution < 1.29 is 29.4 Å². The van der Waals surface area contributed by atoms with Crippen molar-refractivity contribution in [2.45, 2.75) is 38.6 Å². The summed E-state index contributed by atoms with van der Waals surface area (Å²) in [4.78, 5) is 64.5. The number of carbonyl (C=O) groups excluding carboxylic acids is 2. The Labute approximate surface area is 181 Å². The van der Waals surface area contributed by atoms with Crippen molar-refractivity contribution in [3.63, 3.8) is 0 Å². The Kier molecular flexibility index (Phi) is 8.04. The molecular weight excluding hydrogens is 422 g/mol. The van der Waals surface area contributed by atoms with E-state index in [4.69, 9.17) is 15.9 Å². The van der Waals surface area contributed by atoms with Crippen molar-refractivity contribution in [2.24, 2.45) is 0 Å². The number of hydrogen-bond donors (Lipinski definition) is 6. The highest BCUT2D eigenvalue weighted by Gasteiger charge is 2.21. The first kappa shape index (κ1) is 24.1. The third-order valence-corrected chi connectivity index (χ3v) is 4.52. The molecule has 2 amide bonds. The number of hydrogen-bond acceptors (Lipinski definition) is 7. The van der Waals surface area contributed by atoms with Gasteiger partial charge in [0.1, 0.15) is 6.04 Å². The van der Waals surface area contributed by atoms with Gasteiger partial charge in [0.2, 0.25) is 11.9 Å². The van der Waals surface area contributed by atoms with Crippen LogP contribution in [-0.4, -0.2) is 50.0 Å². The van der Waals surface area contributed by atoms with Crippen molar-refractivity contribution in [2.75, 3.05) is 11.1 Å². The van der Waals surface area contributed by atoms with E-state index >= 15 is 0 Å². The second-order valence-corrected chi connectivity index (χ2v) is 6.94. The van der Waals surface area contributed by atoms with Crippen LogP contribution in [-0.2, 0) is 20.8 Å². The number of nitrogens with zero attached hydrogens (tertiary/aromatic N) is 1. The number of nitrogens with two attached hydrogens (primary N) is 1. The average molecular weight is 445 g/mol. The van der Waals surface area contributed by atoms with Crippen LogP contribution in [0.2, 0.25) is 0 Å². The topological polar surface area (TPSA) is 205 Å². The summed E-state index contributed by atoms with van der Waals surface area (Å²) in [6.07, 6.45) is -0.480. The van der Waals surface area contributed by atoms with Crippen LogP contribution in [0.5, 0.6) is 0 Å². The van der Waals surface area contributed by atoms with Gasteiger partial charge in [-0.15, -0.1) is 0 Å². The zero-order chi connectivity index (χ0) is 23.8. The third-order valence-electron chi connectivity index (χ3n) is 4.52. The van der Waals surface area contributed by atoms with Gasteiger partial charge in [0, 0.05) is 35.3 Å². The molecule has 0 radical (unpaired) electrons. The van der Waals surface area contributed by atoms with E-state index in [0.717, 1.165) is 0 Å². The molecule has 2 rings (SSSR count). The number of aromatic amines is 1. The molecule has 0 fully saturated rings. The molecule has 7 N–H and O–H groups in total. The Morgan fingerprint density at radius 2 is 1.78 bits per heavy atom. The molecule has 0 aliphatic rings. The fourth-order valence-electron chi connectivity index (χ4n) is 2.86. The van der Waals surface area contributed by atoms with Gasteiger partial charge in [-0.25, -0.2) is 9.78 Å². The second-order valence-electron chi connectivity index (χ2n) is 6.94. The summed E-state index contributed by atoms with van der Waals surface area (Å²) < 4.78 is 0. The number of nitrogens with one attached hydrogen (secondary N) is 3. The van der Waals surface area contributed by atoms with E-state index in [1.165, 1.54) is 24.3 Å². The smallest absolute Gasteiger partial charge is 0.326 e. The Hall–Kier alpha value is -4.22. The highest BCUT2D eigenvalue weighted by Crippen LogP contribution is 2.12. The minimum atomic E-state index is -1.34. The molecule has 2 aromatic rings. The molecule has 0 bridgehead atoms. The first-order chi connectivity index (χ1) is 15.1. The highest BCUT2D eigenvalue weighted by atomic mass is 16.4. The van der Waals surface area contributed by atoms with Crippen LogP contribution in [0.1, 0.15) is 40.9 Å². The number of benzene rings is 1. The largest absolute Gasteiger partial charge is 0.481 e. The third kappa shape index (κ3) is 6.93. The fraction of sp³-hybridized carbons (Fsp3) is 0.300. The molecule has 1 aromatic carbocycles. The number of amides is 2. The monoisotopic (exact) mass is 445 g/mol. The molecule has 12 heteroatoms. The van der Waals surface area contributed by atoms with E-state index in [1.807, 2.05) is 0 Å². The lowest BCUT2D eigenvalue weighted by Gasteiger charge is -2.14. The van der Waals surface area contributed by atoms with Crippen molar-refractivity contribution in [3.05, 3.63) is 51.4 Å². The predicted molar refractivity (Wildman–Crippen MR) is 113 cm³/mol. The molecule has 0 spiro atoms. The van der Waals surface area contributed by atoms with Gasteiger partial charge in [-0.1, -0.05) is 0 Å². The summed E-state index contributed by atoms with van der Waals surface area (Å²) in [5.41, 5.74) is 6.40. The minimum Gasteiger partial charge on any atom is -0.481 e. The van der Waals surface area contributed by atoms with Gasteiger partial charge in [-0.3, -0.25) is 24.2 Å². The van der Waals surface area contributed by atoms with Gasteiger partial charge in [0.15, 0.2) is 0 Å². The van der Waals surface area contributed by atoms with Crippen LogP contribution >= 0.6 is 0 Å². The number of aromatic nitrogens is 2. The van der Waals surface area contributed by atoms with Gasteiger partial charge < -0.3 is 26.6 Å². The van der Waals surface area contributed by atoms with E-state index in [1.54, 1.807) is 6.92 Å². The summed E-state index contributed by atoms with van der Waals surface area (Å²) in [5.74, 6) is -3.56. The molecule has 0 unspecified atom stereocenters. The van der Waals surface area contributed by atoms with Crippen LogP contribution in [0, 0.1) is 6.92 Å². The number of anilines is 2. The standard InChI is InChI=1S/C20H23N5O7/c1-10-13(18(30)25-20(21)22-10)6-8-15(26)23-12-4-2-11(3-5-12)17(29)24-14(19(31)32)7-9-16(27)28/h2-5,14H,6-9H2,1H3,(H,23,26)(H,24,29)(H,27,28)(H,31,32)(H3,21,22,25,30)/t14-/m0/s1. The van der Waals surface area contributed by atoms with E-state index in [-0.39, 0.29) is 36.7 Å². The van der Waals surface area contributed by atoms with Gasteiger partial charge in [0.05, 0.1) is 0 Å². The Bertz CT molecular complexity index is 1080. The van der Waals surface area contributed by atoms with E-state index < -0.39 is 35.9 Å². The number of aryl methyl sites for hydroxylation is 1. The number of carboxylic acids is 2. The SMILES string of the molecule is Cc1nc(N)[nH]c(=O)c1CCC(=O)Nc1ccc(C(=O)N[C@@H](CCC(=O)O)C(=O)O)cc1. The molecular formula is C20H23N5O7. The van der Waals surface area contributed by atoms with Gasteiger partial charge >= 0.3 is 11.9 Å². The summed E-state index contributed by atoms with van der Waals surface area (Å²) >= 11 is 0. The molecule has 0 aliphatic heterocycles. The van der Waals surface area contributed by atoms with Crippen molar-refractivity contribution in [1.29, 1.82) is 0 Å². The molecule has 0 saturated heterocycles. The maximum atomic E-state index is 12.2. The van der Waals surface area contributed by atoms with Crippen molar-refractivity contribution >= 4 is 35.4 Å². The number of aliphatic carboxylic acids is 2. The van der Waals surface area contributed by atoms with Gasteiger partial charge in [-0.05, 0) is 44.0 Å². The molecule has 0 aliphatic carbocycles. The minimum absolute atomic E-state index is 0.00129. The van der Waals surface area contributed by atoms with Crippen LogP contribution < -0.4 is 21.9 Å². The molecule has 1 heterocycles. The zero-order valence-corrected chi connectivity index (χ0v) is 17.2. The van der Waals surface area contributed by atoms with Crippen LogP contribution in [0.15, 0.2) is 29.1 Å². The first-order valence-electron chi connectivity index (χ1n) is 9.57. The molecule has 0 saturated carbocycles. The molecule has 12 nitrogen and oxygen atoms in total. The molecule has 32 heavy (non-hydrogen) atoms. The van der Waals surface area contributed by atoms with Crippen molar-refractivity contribution in [1.82, 2.24) is 15.3 Å². The van der Waals surface area contributed by atoms with Gasteiger partial charge in [0.25, 0.3) is 11.5 Å². The summed E-state index contributed by atoms with van der Waals surface area (Å²) in [5, 5.41) is 22.7. The summed E-state index contributed by atoms with van der Waals surface area (Å²) in [6, 6.07) is 4.36. The maximum Gasteiger partial charge on any atom is 0.326 e. The normalized spacial score (nSPS) is 11.4. The lowest BCUT2D eigenvalue weighted by molar-refractivity contribution is -0.140. The maximum absolute atomic E-state index is 12.2. The van der Waals surface area contributed by atoms with Crippen LogP contribution in [0.4, 0.5) is 11.6 Å². The van der Waals surface area contributed by atoms with Crippen molar-refractivity contribution in [3.8, 4) is 0 Å². The average Bonchev–Trinajstić information content (AvgIpc) is 2.70. The van der Waals surface area contributed by atoms with E-state index in [2.05, 4.69) is 20.6 Å². The molecule has 170 valence electrons. The number of nitrogen functional groups attached to an aromatic ring is 1. The number of H-pyrrole nitrogens is 1. The zero-order valence-electron chi connectivity index (χ0n) is 17.2. The lowest BCUT2D eigenvalue weighted by atomic mass is 10.1.